The molecular weight excluding hydrogens is 494 g/mol. The number of amides is 1. The summed E-state index contributed by atoms with van der Waals surface area (Å²) in [7, 11) is 1.72. The molecule has 4 atom stereocenters. The van der Waals surface area contributed by atoms with Crippen LogP contribution in [0.15, 0.2) is 42.6 Å². The first-order valence-corrected chi connectivity index (χ1v) is 13.9. The lowest BCUT2D eigenvalue weighted by Gasteiger charge is -2.40. The highest BCUT2D eigenvalue weighted by Crippen LogP contribution is 2.38. The molecule has 1 saturated heterocycles. The van der Waals surface area contributed by atoms with E-state index in [0.29, 0.717) is 18.6 Å². The van der Waals surface area contributed by atoms with Crippen LogP contribution in [0, 0.1) is 12.8 Å². The van der Waals surface area contributed by atoms with E-state index in [4.69, 9.17) is 9.47 Å². The first-order chi connectivity index (χ1) is 18.8. The molecule has 1 aliphatic rings. The Morgan fingerprint density at radius 3 is 2.59 bits per heavy atom. The van der Waals surface area contributed by atoms with E-state index in [1.165, 1.54) is 5.39 Å². The fraction of sp³-hybridized carbons (Fsp3) is 0.484. The predicted octanol–water partition coefficient (Wildman–Crippen LogP) is 5.46. The third-order valence-corrected chi connectivity index (χ3v) is 8.08. The number of aryl methyl sites for hydroxylation is 1. The minimum Gasteiger partial charge on any atom is -0.496 e. The van der Waals surface area contributed by atoms with Gasteiger partial charge in [-0.1, -0.05) is 32.4 Å². The summed E-state index contributed by atoms with van der Waals surface area (Å²) in [6.07, 6.45) is 4.59. The Morgan fingerprint density at radius 2 is 1.95 bits per heavy atom. The monoisotopic (exact) mass is 535 g/mol. The number of nitrogens with one attached hydrogen (secondary N) is 2. The molecule has 4 rings (SSSR count). The second-order valence-electron chi connectivity index (χ2n) is 10.5. The molecule has 0 bridgehead atoms. The maximum Gasteiger partial charge on any atom is 0.326 e. The van der Waals surface area contributed by atoms with Gasteiger partial charge in [0.15, 0.2) is 0 Å². The number of hydrogen-bond acceptors (Lipinski definition) is 5. The van der Waals surface area contributed by atoms with Crippen molar-refractivity contribution in [3.05, 3.63) is 64.8 Å². The van der Waals surface area contributed by atoms with Crippen LogP contribution >= 0.6 is 0 Å². The Hall–Kier alpha value is -3.36. The van der Waals surface area contributed by atoms with Crippen LogP contribution in [0.25, 0.3) is 10.9 Å². The van der Waals surface area contributed by atoms with Crippen LogP contribution in [0.4, 0.5) is 0 Å². The van der Waals surface area contributed by atoms with E-state index < -0.39 is 12.0 Å². The summed E-state index contributed by atoms with van der Waals surface area (Å²) in [5, 5.41) is 13.4. The number of hydrogen-bond donors (Lipinski definition) is 3. The van der Waals surface area contributed by atoms with Crippen LogP contribution in [0.1, 0.15) is 73.1 Å². The quantitative estimate of drug-likeness (QED) is 0.301. The SMILES string of the molecule is CCO[C@H]1CCN(Cc2c(OC)cc(C)c3[nH]ccc23)[C@H](c2ccc(C(=O)N[C@H](C(=O)O)[C@@H](C)CC)cc2)C1. The summed E-state index contributed by atoms with van der Waals surface area (Å²) in [5.74, 6) is -0.674. The average Bonchev–Trinajstić information content (AvgIpc) is 3.44. The summed E-state index contributed by atoms with van der Waals surface area (Å²) in [4.78, 5) is 30.4. The van der Waals surface area contributed by atoms with Gasteiger partial charge < -0.3 is 24.9 Å². The average molecular weight is 536 g/mol. The van der Waals surface area contributed by atoms with Gasteiger partial charge in [0.25, 0.3) is 5.91 Å². The van der Waals surface area contributed by atoms with Crippen molar-refractivity contribution in [3.8, 4) is 5.75 Å². The summed E-state index contributed by atoms with van der Waals surface area (Å²) >= 11 is 0. The van der Waals surface area contributed by atoms with Crippen molar-refractivity contribution in [2.75, 3.05) is 20.3 Å². The molecule has 3 N–H and O–H groups in total. The van der Waals surface area contributed by atoms with E-state index in [1.54, 1.807) is 19.2 Å². The zero-order valence-electron chi connectivity index (χ0n) is 23.6. The van der Waals surface area contributed by atoms with Crippen LogP contribution in [-0.4, -0.2) is 59.3 Å². The summed E-state index contributed by atoms with van der Waals surface area (Å²) in [5.41, 5.74) is 4.98. The molecule has 0 unspecified atom stereocenters. The number of benzene rings is 2. The van der Waals surface area contributed by atoms with E-state index >= 15 is 0 Å². The number of carbonyl (C=O) groups is 2. The third-order valence-electron chi connectivity index (χ3n) is 8.08. The summed E-state index contributed by atoms with van der Waals surface area (Å²) in [6, 6.07) is 10.9. The van der Waals surface area contributed by atoms with Gasteiger partial charge in [-0.25, -0.2) is 4.79 Å². The normalized spacial score (nSPS) is 19.5. The van der Waals surface area contributed by atoms with E-state index in [2.05, 4.69) is 34.3 Å². The molecule has 1 fully saturated rings. The Balaban J connectivity index is 1.60. The topological polar surface area (TPSA) is 104 Å². The molecule has 0 saturated carbocycles. The number of carboxylic acid groups (broad SMARTS) is 1. The molecule has 0 spiro atoms. The highest BCUT2D eigenvalue weighted by Gasteiger charge is 2.32. The fourth-order valence-electron chi connectivity index (χ4n) is 5.65. The van der Waals surface area contributed by atoms with Gasteiger partial charge in [-0.15, -0.1) is 0 Å². The molecule has 1 aliphatic heterocycles. The van der Waals surface area contributed by atoms with Gasteiger partial charge in [0.05, 0.1) is 13.2 Å². The van der Waals surface area contributed by atoms with Crippen molar-refractivity contribution in [2.24, 2.45) is 5.92 Å². The lowest BCUT2D eigenvalue weighted by molar-refractivity contribution is -0.140. The molecule has 2 aromatic carbocycles. The second-order valence-corrected chi connectivity index (χ2v) is 10.5. The van der Waals surface area contributed by atoms with Crippen LogP contribution in [0.2, 0.25) is 0 Å². The van der Waals surface area contributed by atoms with Crippen molar-refractivity contribution in [1.82, 2.24) is 15.2 Å². The van der Waals surface area contributed by atoms with Gasteiger partial charge in [0.1, 0.15) is 11.8 Å². The van der Waals surface area contributed by atoms with Crippen molar-refractivity contribution >= 4 is 22.8 Å². The predicted molar refractivity (Wildman–Crippen MR) is 152 cm³/mol. The molecule has 0 radical (unpaired) electrons. The zero-order valence-corrected chi connectivity index (χ0v) is 23.6. The van der Waals surface area contributed by atoms with Crippen LogP contribution < -0.4 is 10.1 Å². The smallest absolute Gasteiger partial charge is 0.326 e. The minimum absolute atomic E-state index is 0.0966. The minimum atomic E-state index is -1.02. The standard InChI is InChI=1S/C31H41N3O5/c1-6-19(3)29(31(36)37)33-30(35)22-10-8-21(9-11-22)26-17-23(39-7-2)13-15-34(26)18-25-24-12-14-32-28(24)20(4)16-27(25)38-5/h8-12,14,16,19,23,26,29,32H,6-7,13,15,17-18H2,1-5H3,(H,33,35)(H,36,37)/t19-,23-,26-,29-/m0/s1. The third kappa shape index (κ3) is 6.28. The molecule has 1 amide bonds. The lowest BCUT2D eigenvalue weighted by Crippen LogP contribution is -2.45. The number of ether oxygens (including phenoxy) is 2. The van der Waals surface area contributed by atoms with E-state index in [9.17, 15) is 14.7 Å². The first kappa shape index (κ1) is 28.6. The molecule has 3 aromatic rings. The number of H-pyrrole nitrogens is 1. The van der Waals surface area contributed by atoms with Gasteiger partial charge in [0.2, 0.25) is 0 Å². The number of nitrogens with zero attached hydrogens (tertiary/aromatic N) is 1. The van der Waals surface area contributed by atoms with Gasteiger partial charge >= 0.3 is 5.97 Å². The number of rotatable bonds is 11. The van der Waals surface area contributed by atoms with Gasteiger partial charge in [-0.05, 0) is 68.0 Å². The number of carbonyl (C=O) groups excluding carboxylic acids is 1. The fourth-order valence-corrected chi connectivity index (χ4v) is 5.65. The summed E-state index contributed by atoms with van der Waals surface area (Å²) < 4.78 is 11.8. The Kier molecular flexibility index (Phi) is 9.30. The molecular formula is C31H41N3O5. The number of fused-ring (bicyclic) bond motifs is 1. The lowest BCUT2D eigenvalue weighted by atomic mass is 9.91. The number of carboxylic acids is 1. The van der Waals surface area contributed by atoms with Gasteiger partial charge in [-0.2, -0.15) is 0 Å². The number of aromatic amines is 1. The number of piperidine rings is 1. The van der Waals surface area contributed by atoms with E-state index in [1.807, 2.05) is 39.1 Å². The molecule has 1 aromatic heterocycles. The van der Waals surface area contributed by atoms with E-state index in [-0.39, 0.29) is 24.0 Å². The van der Waals surface area contributed by atoms with Crippen molar-refractivity contribution < 1.29 is 24.2 Å². The maximum atomic E-state index is 12.9. The van der Waals surface area contributed by atoms with Gasteiger partial charge in [0, 0.05) is 54.0 Å². The highest BCUT2D eigenvalue weighted by atomic mass is 16.5. The summed E-state index contributed by atoms with van der Waals surface area (Å²) in [6.45, 7) is 10.1. The van der Waals surface area contributed by atoms with E-state index in [0.717, 1.165) is 53.9 Å². The molecule has 2 heterocycles. The van der Waals surface area contributed by atoms with Crippen LogP contribution in [0.5, 0.6) is 5.75 Å². The first-order valence-electron chi connectivity index (χ1n) is 13.9. The number of methoxy groups -OCH3 is 1. The molecule has 8 heteroatoms. The van der Waals surface area contributed by atoms with Crippen molar-refractivity contribution in [3.63, 3.8) is 0 Å². The number of aliphatic carboxylic acids is 1. The molecule has 39 heavy (non-hydrogen) atoms. The largest absolute Gasteiger partial charge is 0.496 e. The van der Waals surface area contributed by atoms with Crippen molar-refractivity contribution in [2.45, 2.75) is 71.7 Å². The Morgan fingerprint density at radius 1 is 1.21 bits per heavy atom. The molecule has 0 aliphatic carbocycles. The second kappa shape index (κ2) is 12.7. The number of likely N-dealkylation sites (tertiary alicyclic amines) is 1. The maximum absolute atomic E-state index is 12.9. The Bertz CT molecular complexity index is 1290. The highest BCUT2D eigenvalue weighted by molar-refractivity contribution is 5.96. The number of aromatic nitrogens is 1. The zero-order chi connectivity index (χ0) is 28.1. The van der Waals surface area contributed by atoms with Gasteiger partial charge in [-0.3, -0.25) is 9.69 Å². The Labute approximate surface area is 230 Å². The van der Waals surface area contributed by atoms with Crippen molar-refractivity contribution in [1.29, 1.82) is 0 Å². The molecule has 210 valence electrons. The van der Waals surface area contributed by atoms with Crippen LogP contribution in [-0.2, 0) is 16.1 Å². The van der Waals surface area contributed by atoms with Crippen LogP contribution in [0.3, 0.4) is 0 Å². The molecule has 8 nitrogen and oxygen atoms in total.